The monoisotopic (exact) mass is 421 g/mol. The molecule has 3 aromatic rings. The van der Waals surface area contributed by atoms with Crippen molar-refractivity contribution in [2.75, 3.05) is 14.2 Å². The fraction of sp³-hybridized carbons (Fsp3) is 0.174. The number of methoxy groups -OCH3 is 2. The SMILES string of the molecule is COc1ccc(-c2nn(-c3ccccc3)cc2/C=C/C(=O)O[C@H](C)C(N)=O)cc1OC. The van der Waals surface area contributed by atoms with E-state index in [0.717, 1.165) is 11.3 Å². The lowest BCUT2D eigenvalue weighted by molar-refractivity contribution is -0.148. The number of nitrogens with zero attached hydrogens (tertiary/aromatic N) is 2. The van der Waals surface area contributed by atoms with E-state index in [-0.39, 0.29) is 0 Å². The first-order valence-corrected chi connectivity index (χ1v) is 9.48. The van der Waals surface area contributed by atoms with Crippen molar-refractivity contribution in [3.8, 4) is 28.4 Å². The highest BCUT2D eigenvalue weighted by Crippen LogP contribution is 2.33. The Bertz CT molecular complexity index is 1110. The van der Waals surface area contributed by atoms with E-state index in [1.54, 1.807) is 43.3 Å². The number of rotatable bonds is 8. The van der Waals surface area contributed by atoms with Crippen LogP contribution in [0.1, 0.15) is 12.5 Å². The molecular formula is C23H23N3O5. The zero-order valence-electron chi connectivity index (χ0n) is 17.4. The van der Waals surface area contributed by atoms with Crippen molar-refractivity contribution >= 4 is 18.0 Å². The van der Waals surface area contributed by atoms with Crippen LogP contribution in [0.25, 0.3) is 23.0 Å². The summed E-state index contributed by atoms with van der Waals surface area (Å²) in [5.41, 5.74) is 8.05. The molecule has 2 N–H and O–H groups in total. The third kappa shape index (κ3) is 5.11. The zero-order valence-corrected chi connectivity index (χ0v) is 17.4. The Labute approximate surface area is 179 Å². The van der Waals surface area contributed by atoms with Gasteiger partial charge in [0.25, 0.3) is 5.91 Å². The van der Waals surface area contributed by atoms with Gasteiger partial charge in [0.2, 0.25) is 0 Å². The van der Waals surface area contributed by atoms with Crippen LogP contribution in [0, 0.1) is 0 Å². The van der Waals surface area contributed by atoms with E-state index in [9.17, 15) is 9.59 Å². The minimum Gasteiger partial charge on any atom is -0.493 e. The third-order valence-electron chi connectivity index (χ3n) is 4.51. The van der Waals surface area contributed by atoms with Crippen LogP contribution in [0.3, 0.4) is 0 Å². The highest BCUT2D eigenvalue weighted by atomic mass is 16.5. The summed E-state index contributed by atoms with van der Waals surface area (Å²) in [4.78, 5) is 23.2. The molecule has 8 heteroatoms. The maximum absolute atomic E-state index is 12.1. The molecule has 160 valence electrons. The Balaban J connectivity index is 2.01. The van der Waals surface area contributed by atoms with Crippen LogP contribution in [0.15, 0.2) is 60.8 Å². The van der Waals surface area contributed by atoms with Crippen LogP contribution < -0.4 is 15.2 Å². The number of amides is 1. The zero-order chi connectivity index (χ0) is 22.4. The first kappa shape index (κ1) is 21.6. The average molecular weight is 421 g/mol. The summed E-state index contributed by atoms with van der Waals surface area (Å²) < 4.78 is 17.4. The first-order chi connectivity index (χ1) is 14.9. The van der Waals surface area contributed by atoms with Gasteiger partial charge in [0.15, 0.2) is 17.6 Å². The van der Waals surface area contributed by atoms with Gasteiger partial charge < -0.3 is 19.9 Å². The summed E-state index contributed by atoms with van der Waals surface area (Å²) >= 11 is 0. The van der Waals surface area contributed by atoms with Crippen molar-refractivity contribution in [3.63, 3.8) is 0 Å². The van der Waals surface area contributed by atoms with Crippen LogP contribution in [0.5, 0.6) is 11.5 Å². The second-order valence-electron chi connectivity index (χ2n) is 6.60. The highest BCUT2D eigenvalue weighted by molar-refractivity contribution is 5.91. The number of para-hydroxylation sites is 1. The van der Waals surface area contributed by atoms with Gasteiger partial charge in [-0.25, -0.2) is 9.48 Å². The molecule has 0 bridgehead atoms. The molecule has 0 aliphatic heterocycles. The molecular weight excluding hydrogens is 398 g/mol. The molecule has 0 aliphatic carbocycles. The molecule has 0 saturated carbocycles. The van der Waals surface area contributed by atoms with Gasteiger partial charge in [-0.2, -0.15) is 5.10 Å². The van der Waals surface area contributed by atoms with Crippen molar-refractivity contribution < 1.29 is 23.8 Å². The molecule has 0 radical (unpaired) electrons. The van der Waals surface area contributed by atoms with Gasteiger partial charge in [0, 0.05) is 23.4 Å². The number of primary amides is 1. The molecule has 8 nitrogen and oxygen atoms in total. The number of benzene rings is 2. The Morgan fingerprint density at radius 1 is 1.06 bits per heavy atom. The summed E-state index contributed by atoms with van der Waals surface area (Å²) in [6.07, 6.45) is 3.59. The third-order valence-corrected chi connectivity index (χ3v) is 4.51. The van der Waals surface area contributed by atoms with Gasteiger partial charge in [-0.1, -0.05) is 18.2 Å². The van der Waals surface area contributed by atoms with Crippen LogP contribution in [-0.4, -0.2) is 42.0 Å². The number of aromatic nitrogens is 2. The number of ether oxygens (including phenoxy) is 3. The molecule has 1 aromatic heterocycles. The first-order valence-electron chi connectivity index (χ1n) is 9.48. The highest BCUT2D eigenvalue weighted by Gasteiger charge is 2.15. The topological polar surface area (TPSA) is 106 Å². The van der Waals surface area contributed by atoms with E-state index < -0.39 is 18.0 Å². The smallest absolute Gasteiger partial charge is 0.331 e. The minimum atomic E-state index is -1.02. The molecule has 0 saturated heterocycles. The van der Waals surface area contributed by atoms with Crippen molar-refractivity contribution in [2.45, 2.75) is 13.0 Å². The van der Waals surface area contributed by atoms with Crippen molar-refractivity contribution in [1.82, 2.24) is 9.78 Å². The second kappa shape index (κ2) is 9.62. The molecule has 3 rings (SSSR count). The lowest BCUT2D eigenvalue weighted by Gasteiger charge is -2.09. The standard InChI is InChI=1S/C23H23N3O5/c1-15(23(24)28)31-21(27)12-10-17-14-26(18-7-5-4-6-8-18)25-22(17)16-9-11-19(29-2)20(13-16)30-3/h4-15H,1-3H3,(H2,24,28)/b12-10+/t15-/m1/s1. The molecule has 1 heterocycles. The molecule has 0 aliphatic rings. The van der Waals surface area contributed by atoms with Gasteiger partial charge in [-0.05, 0) is 43.3 Å². The number of carbonyl (C=O) groups is 2. The lowest BCUT2D eigenvalue weighted by Crippen LogP contribution is -2.29. The minimum absolute atomic E-state index is 0.555. The summed E-state index contributed by atoms with van der Waals surface area (Å²) in [5, 5.41) is 4.69. The quantitative estimate of drug-likeness (QED) is 0.443. The molecule has 2 aromatic carbocycles. The van der Waals surface area contributed by atoms with Crippen molar-refractivity contribution in [3.05, 3.63) is 66.4 Å². The largest absolute Gasteiger partial charge is 0.493 e. The molecule has 0 fully saturated rings. The van der Waals surface area contributed by atoms with Gasteiger partial charge >= 0.3 is 5.97 Å². The van der Waals surface area contributed by atoms with E-state index in [0.29, 0.717) is 22.8 Å². The summed E-state index contributed by atoms with van der Waals surface area (Å²) in [5.74, 6) is -0.254. The van der Waals surface area contributed by atoms with Gasteiger partial charge in [0.1, 0.15) is 5.69 Å². The number of hydrogen-bond donors (Lipinski definition) is 1. The predicted molar refractivity (Wildman–Crippen MR) is 116 cm³/mol. The van der Waals surface area contributed by atoms with Crippen molar-refractivity contribution in [1.29, 1.82) is 0 Å². The Hall–Kier alpha value is -4.07. The van der Waals surface area contributed by atoms with E-state index in [1.165, 1.54) is 13.0 Å². The summed E-state index contributed by atoms with van der Waals surface area (Å²) in [6.45, 7) is 1.41. The van der Waals surface area contributed by atoms with E-state index in [2.05, 4.69) is 0 Å². The normalized spacial score (nSPS) is 11.8. The molecule has 1 amide bonds. The predicted octanol–water partition coefficient (Wildman–Crippen LogP) is 2.99. The number of esters is 1. The Kier molecular flexibility index (Phi) is 6.71. The number of carbonyl (C=O) groups excluding carboxylic acids is 2. The van der Waals surface area contributed by atoms with Crippen LogP contribution >= 0.6 is 0 Å². The molecule has 0 spiro atoms. The summed E-state index contributed by atoms with van der Waals surface area (Å²) in [6, 6.07) is 15.0. The van der Waals surface area contributed by atoms with Crippen LogP contribution in [0.4, 0.5) is 0 Å². The average Bonchev–Trinajstić information content (AvgIpc) is 3.22. The number of hydrogen-bond acceptors (Lipinski definition) is 6. The maximum Gasteiger partial charge on any atom is 0.331 e. The van der Waals surface area contributed by atoms with Crippen LogP contribution in [-0.2, 0) is 14.3 Å². The van der Waals surface area contributed by atoms with Crippen LogP contribution in [0.2, 0.25) is 0 Å². The van der Waals surface area contributed by atoms with Gasteiger partial charge in [-0.3, -0.25) is 4.79 Å². The fourth-order valence-corrected chi connectivity index (χ4v) is 2.86. The van der Waals surface area contributed by atoms with Gasteiger partial charge in [0.05, 0.1) is 19.9 Å². The Morgan fingerprint density at radius 3 is 2.42 bits per heavy atom. The number of nitrogens with two attached hydrogens (primary N) is 1. The van der Waals surface area contributed by atoms with Crippen molar-refractivity contribution in [2.24, 2.45) is 5.73 Å². The maximum atomic E-state index is 12.1. The molecule has 1 atom stereocenters. The van der Waals surface area contributed by atoms with Gasteiger partial charge in [-0.15, -0.1) is 0 Å². The lowest BCUT2D eigenvalue weighted by atomic mass is 10.1. The molecule has 31 heavy (non-hydrogen) atoms. The molecule has 0 unspecified atom stereocenters. The van der Waals surface area contributed by atoms with E-state index in [1.807, 2.05) is 36.4 Å². The van der Waals surface area contributed by atoms with E-state index in [4.69, 9.17) is 25.0 Å². The Morgan fingerprint density at radius 2 is 1.77 bits per heavy atom. The second-order valence-corrected chi connectivity index (χ2v) is 6.60. The van der Waals surface area contributed by atoms with E-state index >= 15 is 0 Å². The summed E-state index contributed by atoms with van der Waals surface area (Å²) in [7, 11) is 3.12. The fourth-order valence-electron chi connectivity index (χ4n) is 2.86.